The molecule has 10 heteroatoms. The topological polar surface area (TPSA) is 71.5 Å². The zero-order valence-corrected chi connectivity index (χ0v) is 18.9. The molecular formula is C21H25F2N3O3S2. The highest BCUT2D eigenvalue weighted by molar-refractivity contribution is 8.01. The molecule has 0 radical (unpaired) electrons. The molecule has 31 heavy (non-hydrogen) atoms. The summed E-state index contributed by atoms with van der Waals surface area (Å²) in [7, 11) is 0. The summed E-state index contributed by atoms with van der Waals surface area (Å²) >= 11 is 2.52. The number of amides is 2. The number of thioether (sulfide) groups is 1. The average molecular weight is 470 g/mol. The van der Waals surface area contributed by atoms with Crippen molar-refractivity contribution >= 4 is 45.9 Å². The Morgan fingerprint density at radius 1 is 1.26 bits per heavy atom. The number of esters is 1. The third kappa shape index (κ3) is 6.90. The van der Waals surface area contributed by atoms with Crippen molar-refractivity contribution < 1.29 is 23.1 Å². The van der Waals surface area contributed by atoms with Gasteiger partial charge in [0.25, 0.3) is 0 Å². The van der Waals surface area contributed by atoms with Crippen molar-refractivity contribution in [3.05, 3.63) is 36.0 Å². The number of carbonyl (C=O) groups excluding carboxylic acids is 2. The maximum Gasteiger partial charge on any atom is 0.328 e. The minimum absolute atomic E-state index is 0.159. The van der Waals surface area contributed by atoms with Gasteiger partial charge in [-0.1, -0.05) is 30.6 Å². The number of urea groups is 1. The Balaban J connectivity index is 1.69. The summed E-state index contributed by atoms with van der Waals surface area (Å²) in [5, 5.41) is 3.11. The Labute approximate surface area is 188 Å². The van der Waals surface area contributed by atoms with Crippen LogP contribution in [0.3, 0.4) is 0 Å². The van der Waals surface area contributed by atoms with E-state index in [0.29, 0.717) is 29.9 Å². The summed E-state index contributed by atoms with van der Waals surface area (Å²) in [6.07, 6.45) is 6.96. The first-order valence-electron chi connectivity index (χ1n) is 10.2. The highest BCUT2D eigenvalue weighted by Crippen LogP contribution is 2.30. The van der Waals surface area contributed by atoms with Gasteiger partial charge in [-0.15, -0.1) is 11.8 Å². The number of halogens is 2. The zero-order valence-electron chi connectivity index (χ0n) is 17.2. The van der Waals surface area contributed by atoms with Crippen LogP contribution < -0.4 is 10.2 Å². The van der Waals surface area contributed by atoms with Crippen molar-refractivity contribution in [1.82, 2.24) is 4.98 Å². The van der Waals surface area contributed by atoms with Crippen LogP contribution in [0.2, 0.25) is 0 Å². The summed E-state index contributed by atoms with van der Waals surface area (Å²) in [6.45, 7) is 2.49. The first-order valence-corrected chi connectivity index (χ1v) is 12.0. The van der Waals surface area contributed by atoms with Gasteiger partial charge < -0.3 is 4.74 Å². The van der Waals surface area contributed by atoms with Crippen molar-refractivity contribution in [3.63, 3.8) is 0 Å². The van der Waals surface area contributed by atoms with Gasteiger partial charge in [0, 0.05) is 18.3 Å². The number of thiazole rings is 1. The normalized spacial score (nSPS) is 14.3. The minimum atomic E-state index is -0.995. The quantitative estimate of drug-likeness (QED) is 0.397. The second-order valence-corrected chi connectivity index (χ2v) is 9.53. The van der Waals surface area contributed by atoms with Crippen molar-refractivity contribution in [2.24, 2.45) is 5.92 Å². The van der Waals surface area contributed by atoms with Crippen molar-refractivity contribution in [2.75, 3.05) is 29.1 Å². The molecule has 168 valence electrons. The van der Waals surface area contributed by atoms with Gasteiger partial charge in [0.15, 0.2) is 16.8 Å². The van der Waals surface area contributed by atoms with E-state index in [4.69, 9.17) is 4.74 Å². The first kappa shape index (κ1) is 23.5. The second kappa shape index (κ2) is 11.4. The molecule has 1 aliphatic carbocycles. The molecule has 3 rings (SSSR count). The lowest BCUT2D eigenvalue weighted by Crippen LogP contribution is -2.39. The van der Waals surface area contributed by atoms with E-state index < -0.39 is 17.7 Å². The number of aromatic nitrogens is 1. The lowest BCUT2D eigenvalue weighted by Gasteiger charge is -2.29. The average Bonchev–Trinajstić information content (AvgIpc) is 3.21. The molecule has 0 bridgehead atoms. The monoisotopic (exact) mass is 469 g/mol. The van der Waals surface area contributed by atoms with Crippen LogP contribution >= 0.6 is 23.1 Å². The number of hydrogen-bond donors (Lipinski definition) is 1. The van der Waals surface area contributed by atoms with E-state index in [1.54, 1.807) is 13.1 Å². The van der Waals surface area contributed by atoms with Gasteiger partial charge >= 0.3 is 12.0 Å². The molecule has 0 atom stereocenters. The third-order valence-corrected chi connectivity index (χ3v) is 7.04. The molecular weight excluding hydrogens is 444 g/mol. The number of rotatable bonds is 8. The van der Waals surface area contributed by atoms with E-state index in [9.17, 15) is 18.4 Å². The fourth-order valence-electron chi connectivity index (χ4n) is 3.46. The molecule has 1 aliphatic rings. The summed E-state index contributed by atoms with van der Waals surface area (Å²) in [5.74, 6) is -1.80. The van der Waals surface area contributed by atoms with Gasteiger partial charge in [0.2, 0.25) is 0 Å². The Hall–Kier alpha value is -2.20. The zero-order chi connectivity index (χ0) is 22.2. The molecule has 1 heterocycles. The second-order valence-electron chi connectivity index (χ2n) is 7.22. The maximum atomic E-state index is 13.8. The molecule has 1 N–H and O–H groups in total. The molecule has 0 saturated heterocycles. The Morgan fingerprint density at radius 2 is 2.03 bits per heavy atom. The van der Waals surface area contributed by atoms with Gasteiger partial charge in [0.05, 0.1) is 22.8 Å². The van der Waals surface area contributed by atoms with E-state index in [2.05, 4.69) is 10.3 Å². The van der Waals surface area contributed by atoms with E-state index in [0.717, 1.165) is 42.0 Å². The Bertz CT molecular complexity index is 904. The molecule has 0 unspecified atom stereocenters. The highest BCUT2D eigenvalue weighted by Gasteiger charge is 2.24. The van der Waals surface area contributed by atoms with Crippen LogP contribution in [0.15, 0.2) is 28.6 Å². The number of anilines is 2. The Kier molecular flexibility index (Phi) is 8.65. The smallest absolute Gasteiger partial charge is 0.328 e. The fourth-order valence-corrected chi connectivity index (χ4v) is 5.12. The van der Waals surface area contributed by atoms with E-state index in [-0.39, 0.29) is 11.7 Å². The summed E-state index contributed by atoms with van der Waals surface area (Å²) in [5.41, 5.74) is 0.301. The number of ether oxygens (including phenoxy) is 1. The van der Waals surface area contributed by atoms with Crippen LogP contribution in [0.1, 0.15) is 39.0 Å². The molecule has 1 fully saturated rings. The number of nitrogens with one attached hydrogen (secondary N) is 1. The maximum absolute atomic E-state index is 13.8. The van der Waals surface area contributed by atoms with Gasteiger partial charge in [-0.25, -0.2) is 18.6 Å². The van der Waals surface area contributed by atoms with E-state index in [1.807, 2.05) is 0 Å². The van der Waals surface area contributed by atoms with Gasteiger partial charge in [0.1, 0.15) is 0 Å². The molecule has 0 spiro atoms. The van der Waals surface area contributed by atoms with Crippen LogP contribution in [0.25, 0.3) is 0 Å². The molecule has 2 amide bonds. The molecule has 1 aromatic carbocycles. The predicted molar refractivity (Wildman–Crippen MR) is 119 cm³/mol. The van der Waals surface area contributed by atoms with E-state index >= 15 is 0 Å². The SMILES string of the molecule is CCOC(=O)CSc1cnc(NC(=O)N(CC2CCCCC2)c2ccc(F)c(F)c2)s1. The lowest BCUT2D eigenvalue weighted by molar-refractivity contribution is -0.139. The van der Waals surface area contributed by atoms with Crippen molar-refractivity contribution in [2.45, 2.75) is 43.2 Å². The number of nitrogens with zero attached hydrogens (tertiary/aromatic N) is 2. The molecule has 1 aromatic heterocycles. The van der Waals surface area contributed by atoms with Gasteiger partial charge in [-0.05, 0) is 37.8 Å². The van der Waals surface area contributed by atoms with Crippen molar-refractivity contribution in [3.8, 4) is 0 Å². The summed E-state index contributed by atoms with van der Waals surface area (Å²) < 4.78 is 32.9. The number of hydrogen-bond acceptors (Lipinski definition) is 6. The standard InChI is InChI=1S/C21H25F2N3O3S2/c1-2-29-18(27)13-30-19-11-24-20(31-19)25-21(28)26(12-14-6-4-3-5-7-14)15-8-9-16(22)17(23)10-15/h8-11,14H,2-7,12-13H2,1H3,(H,24,25,28). The lowest BCUT2D eigenvalue weighted by atomic mass is 9.89. The van der Waals surface area contributed by atoms with Crippen molar-refractivity contribution in [1.29, 1.82) is 0 Å². The first-order chi connectivity index (χ1) is 15.0. The molecule has 1 saturated carbocycles. The summed E-state index contributed by atoms with van der Waals surface area (Å²) in [4.78, 5) is 30.2. The van der Waals surface area contributed by atoms with E-state index in [1.165, 1.54) is 40.5 Å². The van der Waals surface area contributed by atoms with Crippen LogP contribution in [0, 0.1) is 17.6 Å². The van der Waals surface area contributed by atoms with Gasteiger partial charge in [-0.3, -0.25) is 15.0 Å². The predicted octanol–water partition coefficient (Wildman–Crippen LogP) is 5.70. The van der Waals surface area contributed by atoms with Crippen LogP contribution in [0.5, 0.6) is 0 Å². The number of benzene rings is 1. The van der Waals surface area contributed by atoms with Gasteiger partial charge in [-0.2, -0.15) is 0 Å². The molecule has 2 aromatic rings. The molecule has 0 aliphatic heterocycles. The van der Waals surface area contributed by atoms with Crippen LogP contribution in [0.4, 0.5) is 24.4 Å². The number of carbonyl (C=O) groups is 2. The van der Waals surface area contributed by atoms with Crippen LogP contribution in [-0.4, -0.2) is 35.9 Å². The fraction of sp³-hybridized carbons (Fsp3) is 0.476. The summed E-state index contributed by atoms with van der Waals surface area (Å²) in [6, 6.07) is 3.02. The Morgan fingerprint density at radius 3 is 2.74 bits per heavy atom. The highest BCUT2D eigenvalue weighted by atomic mass is 32.2. The molecule has 6 nitrogen and oxygen atoms in total. The van der Waals surface area contributed by atoms with Crippen LogP contribution in [-0.2, 0) is 9.53 Å². The largest absolute Gasteiger partial charge is 0.465 e. The third-order valence-electron chi connectivity index (χ3n) is 4.96. The minimum Gasteiger partial charge on any atom is -0.465 e.